The molecule has 7 heteroatoms. The molecule has 0 aromatic heterocycles. The van der Waals surface area contributed by atoms with E-state index in [0.29, 0.717) is 0 Å². The van der Waals surface area contributed by atoms with E-state index in [-0.39, 0.29) is 22.8 Å². The highest BCUT2D eigenvalue weighted by Crippen LogP contribution is 2.43. The summed E-state index contributed by atoms with van der Waals surface area (Å²) in [5.41, 5.74) is 3.70. The quantitative estimate of drug-likeness (QED) is 0.671. The molecule has 0 unspecified atom stereocenters. The van der Waals surface area contributed by atoms with E-state index in [4.69, 9.17) is 9.47 Å². The number of nitrogens with zero attached hydrogens (tertiary/aromatic N) is 2. The lowest BCUT2D eigenvalue weighted by Crippen LogP contribution is -2.34. The molecule has 1 N–H and O–H groups in total. The van der Waals surface area contributed by atoms with Crippen LogP contribution in [0.25, 0.3) is 0 Å². The second-order valence-electron chi connectivity index (χ2n) is 6.57. The second kappa shape index (κ2) is 6.59. The van der Waals surface area contributed by atoms with Crippen molar-refractivity contribution < 1.29 is 14.4 Å². The monoisotopic (exact) mass is 355 g/mol. The molecule has 2 heterocycles. The number of hydrogen-bond donors (Lipinski definition) is 1. The van der Waals surface area contributed by atoms with Crippen LogP contribution in [0.1, 0.15) is 28.9 Å². The molecule has 1 fully saturated rings. The number of non-ortho nitro benzene ring substituents is 1. The summed E-state index contributed by atoms with van der Waals surface area (Å²) in [5.74, 6) is 1.50. The summed E-state index contributed by atoms with van der Waals surface area (Å²) in [7, 11) is 3.30. The molecule has 2 aliphatic heterocycles. The Balaban J connectivity index is 1.64. The van der Waals surface area contributed by atoms with E-state index in [1.165, 1.54) is 11.1 Å². The van der Waals surface area contributed by atoms with Crippen LogP contribution in [0.4, 0.5) is 5.69 Å². The van der Waals surface area contributed by atoms with Gasteiger partial charge in [-0.2, -0.15) is 0 Å². The molecule has 0 amide bonds. The van der Waals surface area contributed by atoms with Gasteiger partial charge < -0.3 is 9.47 Å². The third-order valence-electron chi connectivity index (χ3n) is 5.30. The first-order chi connectivity index (χ1) is 12.6. The van der Waals surface area contributed by atoms with Crippen LogP contribution in [-0.4, -0.2) is 37.1 Å². The van der Waals surface area contributed by atoms with E-state index < -0.39 is 0 Å². The molecule has 0 bridgehead atoms. The summed E-state index contributed by atoms with van der Waals surface area (Å²) in [4.78, 5) is 12.9. The fourth-order valence-corrected chi connectivity index (χ4v) is 4.01. The van der Waals surface area contributed by atoms with Crippen LogP contribution in [0, 0.1) is 10.1 Å². The van der Waals surface area contributed by atoms with Crippen LogP contribution in [0.2, 0.25) is 0 Å². The molecule has 4 rings (SSSR count). The highest BCUT2D eigenvalue weighted by Gasteiger charge is 2.39. The lowest BCUT2D eigenvalue weighted by molar-refractivity contribution is -0.384. The van der Waals surface area contributed by atoms with Gasteiger partial charge in [0.15, 0.2) is 11.5 Å². The van der Waals surface area contributed by atoms with Gasteiger partial charge in [-0.25, -0.2) is 0 Å². The Kier molecular flexibility index (Phi) is 4.26. The molecule has 2 aliphatic rings. The molecule has 0 aliphatic carbocycles. The van der Waals surface area contributed by atoms with Crippen LogP contribution >= 0.6 is 0 Å². The zero-order valence-electron chi connectivity index (χ0n) is 14.8. The summed E-state index contributed by atoms with van der Waals surface area (Å²) in [6.07, 6.45) is 0.985. The number of benzene rings is 2. The van der Waals surface area contributed by atoms with Crippen LogP contribution in [0.3, 0.4) is 0 Å². The summed E-state index contributed by atoms with van der Waals surface area (Å²) in [6.45, 7) is 1.74. The number of fused-ring (bicyclic) bond motifs is 3. The lowest BCUT2D eigenvalue weighted by atomic mass is 9.92. The third-order valence-corrected chi connectivity index (χ3v) is 5.30. The maximum atomic E-state index is 10.9. The smallest absolute Gasteiger partial charge is 0.269 e. The minimum absolute atomic E-state index is 0.0575. The Morgan fingerprint density at radius 1 is 1.15 bits per heavy atom. The Labute approximate surface area is 151 Å². The van der Waals surface area contributed by atoms with E-state index >= 15 is 0 Å². The fourth-order valence-electron chi connectivity index (χ4n) is 4.01. The minimum Gasteiger partial charge on any atom is -0.493 e. The third kappa shape index (κ3) is 2.69. The lowest BCUT2D eigenvalue weighted by Gasteiger charge is -2.35. The molecule has 7 nitrogen and oxygen atoms in total. The van der Waals surface area contributed by atoms with Gasteiger partial charge in [0.2, 0.25) is 0 Å². The van der Waals surface area contributed by atoms with Crippen molar-refractivity contribution >= 4 is 5.69 Å². The number of ether oxygens (including phenoxy) is 2. The van der Waals surface area contributed by atoms with E-state index in [2.05, 4.69) is 22.3 Å². The fraction of sp³-hybridized carbons (Fsp3) is 0.368. The van der Waals surface area contributed by atoms with E-state index in [1.807, 2.05) is 12.1 Å². The van der Waals surface area contributed by atoms with Gasteiger partial charge in [0.05, 0.1) is 25.3 Å². The zero-order chi connectivity index (χ0) is 18.3. The van der Waals surface area contributed by atoms with Crippen molar-refractivity contribution in [2.75, 3.05) is 27.3 Å². The Bertz CT molecular complexity index is 837. The number of nitro benzene ring substituents is 1. The Hall–Kier alpha value is -2.64. The molecule has 136 valence electrons. The number of methoxy groups -OCH3 is 2. The van der Waals surface area contributed by atoms with Gasteiger partial charge in [0.1, 0.15) is 0 Å². The first-order valence-electron chi connectivity index (χ1n) is 8.60. The number of nitro groups is 1. The standard InChI is InChI=1S/C19H21N3O4/c1-25-17-9-13-7-8-21-16(15(13)10-18(17)26-2)11-20-19(21)12-3-5-14(6-4-12)22(23)24/h3-6,9-10,16,19-20H,7-8,11H2,1-2H3/t16-,19+/m1/s1. The maximum absolute atomic E-state index is 10.9. The summed E-state index contributed by atoms with van der Waals surface area (Å²) in [6, 6.07) is 11.2. The van der Waals surface area contributed by atoms with Gasteiger partial charge >= 0.3 is 0 Å². The van der Waals surface area contributed by atoms with Crippen molar-refractivity contribution in [3.63, 3.8) is 0 Å². The predicted molar refractivity (Wildman–Crippen MR) is 96.5 cm³/mol. The molecule has 0 saturated carbocycles. The molecule has 1 saturated heterocycles. The molecule has 0 spiro atoms. The van der Waals surface area contributed by atoms with Crippen molar-refractivity contribution in [3.8, 4) is 11.5 Å². The van der Waals surface area contributed by atoms with Gasteiger partial charge in [-0.15, -0.1) is 0 Å². The van der Waals surface area contributed by atoms with Crippen LogP contribution in [0.5, 0.6) is 11.5 Å². The number of rotatable bonds is 4. The maximum Gasteiger partial charge on any atom is 0.269 e. The van der Waals surface area contributed by atoms with Crippen molar-refractivity contribution in [3.05, 3.63) is 63.2 Å². The van der Waals surface area contributed by atoms with Crippen molar-refractivity contribution in [2.24, 2.45) is 0 Å². The molecular formula is C19H21N3O4. The van der Waals surface area contributed by atoms with Gasteiger partial charge in [-0.05, 0) is 47.4 Å². The molecule has 2 aromatic rings. The largest absolute Gasteiger partial charge is 0.493 e. The number of nitrogens with one attached hydrogen (secondary N) is 1. The average molecular weight is 355 g/mol. The topological polar surface area (TPSA) is 76.9 Å². The first-order valence-corrected chi connectivity index (χ1v) is 8.60. The molecule has 2 atom stereocenters. The van der Waals surface area contributed by atoms with Crippen LogP contribution < -0.4 is 14.8 Å². The summed E-state index contributed by atoms with van der Waals surface area (Å²) in [5, 5.41) is 14.4. The first kappa shape index (κ1) is 16.8. The summed E-state index contributed by atoms with van der Waals surface area (Å²) >= 11 is 0. The summed E-state index contributed by atoms with van der Waals surface area (Å²) < 4.78 is 10.9. The van der Waals surface area contributed by atoms with Crippen molar-refractivity contribution in [2.45, 2.75) is 18.6 Å². The number of hydrogen-bond acceptors (Lipinski definition) is 6. The minimum atomic E-state index is -0.370. The highest BCUT2D eigenvalue weighted by atomic mass is 16.6. The molecule has 26 heavy (non-hydrogen) atoms. The molecular weight excluding hydrogens is 334 g/mol. The van der Waals surface area contributed by atoms with Gasteiger partial charge in [0, 0.05) is 31.3 Å². The second-order valence-corrected chi connectivity index (χ2v) is 6.57. The Morgan fingerprint density at radius 3 is 2.50 bits per heavy atom. The SMILES string of the molecule is COc1cc2c(cc1OC)[C@H]1CN[C@H](c3ccc([N+](=O)[O-])cc3)N1CC2. The van der Waals surface area contributed by atoms with Crippen molar-refractivity contribution in [1.82, 2.24) is 10.2 Å². The average Bonchev–Trinajstić information content (AvgIpc) is 3.11. The Morgan fingerprint density at radius 2 is 1.85 bits per heavy atom. The normalized spacial score (nSPS) is 21.8. The predicted octanol–water partition coefficient (Wildman–Crippen LogP) is 2.81. The van der Waals surface area contributed by atoms with Gasteiger partial charge in [-0.1, -0.05) is 0 Å². The van der Waals surface area contributed by atoms with E-state index in [0.717, 1.165) is 36.6 Å². The van der Waals surface area contributed by atoms with E-state index in [9.17, 15) is 10.1 Å². The van der Waals surface area contributed by atoms with Crippen LogP contribution in [0.15, 0.2) is 36.4 Å². The molecule has 0 radical (unpaired) electrons. The van der Waals surface area contributed by atoms with E-state index in [1.54, 1.807) is 26.4 Å². The van der Waals surface area contributed by atoms with Crippen LogP contribution in [-0.2, 0) is 6.42 Å². The van der Waals surface area contributed by atoms with Gasteiger partial charge in [-0.3, -0.25) is 20.3 Å². The molecule has 2 aromatic carbocycles. The van der Waals surface area contributed by atoms with Crippen molar-refractivity contribution in [1.29, 1.82) is 0 Å². The van der Waals surface area contributed by atoms with Gasteiger partial charge in [0.25, 0.3) is 5.69 Å². The zero-order valence-corrected chi connectivity index (χ0v) is 14.8. The highest BCUT2D eigenvalue weighted by molar-refractivity contribution is 5.50.